The van der Waals surface area contributed by atoms with E-state index in [-0.39, 0.29) is 24.0 Å². The molecule has 1 aliphatic carbocycles. The summed E-state index contributed by atoms with van der Waals surface area (Å²) >= 11 is 2.01. The molecule has 0 aromatic heterocycles. The van der Waals surface area contributed by atoms with Gasteiger partial charge in [-0.1, -0.05) is 6.42 Å². The molecule has 116 valence electrons. The Hall–Kier alpha value is 0.310. The van der Waals surface area contributed by atoms with E-state index < -0.39 is 0 Å². The molecule has 2 heterocycles. The van der Waals surface area contributed by atoms with Crippen LogP contribution in [0.2, 0.25) is 0 Å². The summed E-state index contributed by atoms with van der Waals surface area (Å²) in [5.41, 5.74) is 6.15. The molecule has 0 aromatic carbocycles. The first-order valence-electron chi connectivity index (χ1n) is 7.73. The third-order valence-corrected chi connectivity index (χ3v) is 5.43. The number of piperidine rings is 1. The molecule has 0 radical (unpaired) electrons. The van der Waals surface area contributed by atoms with Crippen LogP contribution >= 0.6 is 35.7 Å². The number of guanidine groups is 1. The standard InChI is InChI=1S/C14H26N4S.HI/c15-14(17-7-9-19-10-8-17)16-11-13-3-1-2-6-18(13)12-4-5-12;/h12-13H,1-11H2,(H2,15,16);1H. The van der Waals surface area contributed by atoms with Gasteiger partial charge in [-0.2, -0.15) is 11.8 Å². The Morgan fingerprint density at radius 2 is 1.85 bits per heavy atom. The fraction of sp³-hybridized carbons (Fsp3) is 0.929. The largest absolute Gasteiger partial charge is 0.370 e. The zero-order valence-electron chi connectivity index (χ0n) is 12.2. The Morgan fingerprint density at radius 3 is 2.55 bits per heavy atom. The lowest BCUT2D eigenvalue weighted by atomic mass is 10.0. The highest BCUT2D eigenvalue weighted by atomic mass is 127. The molecule has 3 rings (SSSR count). The second-order valence-electron chi connectivity index (χ2n) is 5.92. The number of thioether (sulfide) groups is 1. The van der Waals surface area contributed by atoms with Crippen LogP contribution in [0.3, 0.4) is 0 Å². The van der Waals surface area contributed by atoms with Gasteiger partial charge in [0.15, 0.2) is 5.96 Å². The van der Waals surface area contributed by atoms with Gasteiger partial charge < -0.3 is 10.6 Å². The van der Waals surface area contributed by atoms with Crippen molar-refractivity contribution in [1.29, 1.82) is 0 Å². The molecule has 1 saturated carbocycles. The van der Waals surface area contributed by atoms with Gasteiger partial charge in [0.2, 0.25) is 0 Å². The van der Waals surface area contributed by atoms with E-state index in [1.807, 2.05) is 11.8 Å². The number of nitrogens with zero attached hydrogens (tertiary/aromatic N) is 3. The smallest absolute Gasteiger partial charge is 0.191 e. The summed E-state index contributed by atoms with van der Waals surface area (Å²) in [5, 5.41) is 0. The van der Waals surface area contributed by atoms with Crippen molar-refractivity contribution >= 4 is 41.7 Å². The van der Waals surface area contributed by atoms with Crippen LogP contribution in [0, 0.1) is 0 Å². The van der Waals surface area contributed by atoms with E-state index in [1.165, 1.54) is 50.2 Å². The van der Waals surface area contributed by atoms with Crippen LogP contribution in [0.25, 0.3) is 0 Å². The SMILES string of the molecule is I.NC(=NCC1CCCCN1C1CC1)N1CCSCC1. The molecule has 20 heavy (non-hydrogen) atoms. The molecule has 4 nitrogen and oxygen atoms in total. The Morgan fingerprint density at radius 1 is 1.10 bits per heavy atom. The predicted octanol–water partition coefficient (Wildman–Crippen LogP) is 1.98. The lowest BCUT2D eigenvalue weighted by Crippen LogP contribution is -2.45. The van der Waals surface area contributed by atoms with Crippen LogP contribution in [-0.2, 0) is 0 Å². The summed E-state index contributed by atoms with van der Waals surface area (Å²) in [4.78, 5) is 9.65. The Balaban J connectivity index is 0.00000147. The van der Waals surface area contributed by atoms with Gasteiger partial charge in [-0.05, 0) is 32.2 Å². The average molecular weight is 410 g/mol. The van der Waals surface area contributed by atoms with Gasteiger partial charge in [-0.15, -0.1) is 24.0 Å². The van der Waals surface area contributed by atoms with Crippen LogP contribution < -0.4 is 5.73 Å². The van der Waals surface area contributed by atoms with Crippen LogP contribution in [0.1, 0.15) is 32.1 Å². The molecule has 0 spiro atoms. The second kappa shape index (κ2) is 8.08. The van der Waals surface area contributed by atoms with Crippen LogP contribution in [0.5, 0.6) is 0 Å². The molecular weight excluding hydrogens is 383 g/mol. The number of nitrogens with two attached hydrogens (primary N) is 1. The summed E-state index contributed by atoms with van der Waals surface area (Å²) in [7, 11) is 0. The van der Waals surface area contributed by atoms with E-state index in [0.717, 1.165) is 31.6 Å². The molecule has 0 bridgehead atoms. The van der Waals surface area contributed by atoms with Crippen molar-refractivity contribution in [3.8, 4) is 0 Å². The highest BCUT2D eigenvalue weighted by Crippen LogP contribution is 2.32. The van der Waals surface area contributed by atoms with E-state index in [1.54, 1.807) is 0 Å². The van der Waals surface area contributed by atoms with Gasteiger partial charge in [0.05, 0.1) is 6.54 Å². The van der Waals surface area contributed by atoms with Crippen molar-refractivity contribution in [2.24, 2.45) is 10.7 Å². The molecule has 2 N–H and O–H groups in total. The van der Waals surface area contributed by atoms with Gasteiger partial charge in [-0.3, -0.25) is 9.89 Å². The second-order valence-corrected chi connectivity index (χ2v) is 7.14. The van der Waals surface area contributed by atoms with Crippen molar-refractivity contribution in [2.45, 2.75) is 44.2 Å². The fourth-order valence-electron chi connectivity index (χ4n) is 3.20. The van der Waals surface area contributed by atoms with Crippen molar-refractivity contribution in [3.05, 3.63) is 0 Å². The first-order chi connectivity index (χ1) is 9.34. The quantitative estimate of drug-likeness (QED) is 0.439. The first-order valence-corrected chi connectivity index (χ1v) is 8.88. The molecule has 1 unspecified atom stereocenters. The summed E-state index contributed by atoms with van der Waals surface area (Å²) in [5.74, 6) is 3.16. The lowest BCUT2D eigenvalue weighted by Gasteiger charge is -2.35. The van der Waals surface area contributed by atoms with Gasteiger partial charge in [0.25, 0.3) is 0 Å². The summed E-state index contributed by atoms with van der Waals surface area (Å²) in [6.07, 6.45) is 6.85. The maximum absolute atomic E-state index is 6.15. The predicted molar refractivity (Wildman–Crippen MR) is 98.2 cm³/mol. The third-order valence-electron chi connectivity index (χ3n) is 4.49. The monoisotopic (exact) mass is 410 g/mol. The van der Waals surface area contributed by atoms with Crippen molar-refractivity contribution in [1.82, 2.24) is 9.80 Å². The minimum absolute atomic E-state index is 0. The van der Waals surface area contributed by atoms with Gasteiger partial charge in [0.1, 0.15) is 0 Å². The number of likely N-dealkylation sites (tertiary alicyclic amines) is 1. The zero-order valence-corrected chi connectivity index (χ0v) is 15.3. The molecule has 0 aromatic rings. The van der Waals surface area contributed by atoms with Gasteiger partial charge >= 0.3 is 0 Å². The van der Waals surface area contributed by atoms with E-state index in [9.17, 15) is 0 Å². The molecule has 6 heteroatoms. The van der Waals surface area contributed by atoms with E-state index >= 15 is 0 Å². The summed E-state index contributed by atoms with van der Waals surface area (Å²) < 4.78 is 0. The lowest BCUT2D eigenvalue weighted by molar-refractivity contribution is 0.144. The molecule has 3 fully saturated rings. The van der Waals surface area contributed by atoms with Crippen molar-refractivity contribution < 1.29 is 0 Å². The molecular formula is C14H27IN4S. The molecule has 2 saturated heterocycles. The van der Waals surface area contributed by atoms with E-state index in [0.29, 0.717) is 6.04 Å². The van der Waals surface area contributed by atoms with E-state index in [4.69, 9.17) is 10.7 Å². The number of halogens is 1. The number of rotatable bonds is 3. The molecule has 0 amide bonds. The number of hydrogen-bond donors (Lipinski definition) is 1. The Bertz CT molecular complexity index is 329. The van der Waals surface area contributed by atoms with Gasteiger partial charge in [-0.25, -0.2) is 0 Å². The molecule has 2 aliphatic heterocycles. The van der Waals surface area contributed by atoms with Crippen LogP contribution in [-0.4, -0.2) is 65.5 Å². The van der Waals surface area contributed by atoms with Crippen molar-refractivity contribution in [3.63, 3.8) is 0 Å². The summed E-state index contributed by atoms with van der Waals surface area (Å²) in [6, 6.07) is 1.52. The first kappa shape index (κ1) is 16.7. The van der Waals surface area contributed by atoms with E-state index in [2.05, 4.69) is 9.80 Å². The minimum atomic E-state index is 0. The highest BCUT2D eigenvalue weighted by molar-refractivity contribution is 14.0. The zero-order chi connectivity index (χ0) is 13.1. The van der Waals surface area contributed by atoms with Crippen LogP contribution in [0.4, 0.5) is 0 Å². The van der Waals surface area contributed by atoms with Crippen LogP contribution in [0.15, 0.2) is 4.99 Å². The topological polar surface area (TPSA) is 44.9 Å². The maximum Gasteiger partial charge on any atom is 0.191 e. The van der Waals surface area contributed by atoms with Crippen molar-refractivity contribution in [2.75, 3.05) is 37.7 Å². The Labute approximate surface area is 143 Å². The minimum Gasteiger partial charge on any atom is -0.370 e. The Kier molecular flexibility index (Phi) is 6.74. The van der Waals surface area contributed by atoms with Gasteiger partial charge in [0, 0.05) is 36.7 Å². The fourth-order valence-corrected chi connectivity index (χ4v) is 4.10. The highest BCUT2D eigenvalue weighted by Gasteiger charge is 2.35. The molecule has 1 atom stereocenters. The number of hydrogen-bond acceptors (Lipinski definition) is 3. The normalized spacial score (nSPS) is 29.1. The maximum atomic E-state index is 6.15. The summed E-state index contributed by atoms with van der Waals surface area (Å²) in [6.45, 7) is 4.32. The number of aliphatic imine (C=N–C) groups is 1. The molecule has 3 aliphatic rings. The average Bonchev–Trinajstić information content (AvgIpc) is 3.30. The third kappa shape index (κ3) is 4.40.